The van der Waals surface area contributed by atoms with E-state index in [2.05, 4.69) is 5.10 Å². The van der Waals surface area contributed by atoms with Crippen molar-refractivity contribution in [3.05, 3.63) is 16.9 Å². The zero-order valence-corrected chi connectivity index (χ0v) is 10.1. The van der Waals surface area contributed by atoms with Gasteiger partial charge in [0.25, 0.3) is 0 Å². The molecule has 1 aromatic heterocycles. The Labute approximate surface area is 95.0 Å². The second-order valence-corrected chi connectivity index (χ2v) is 4.35. The summed E-state index contributed by atoms with van der Waals surface area (Å²) in [5.74, 6) is -0.0120. The van der Waals surface area contributed by atoms with Gasteiger partial charge >= 0.3 is 0 Å². The molecular weight excluding hydrogens is 214 g/mol. The zero-order valence-electron chi connectivity index (χ0n) is 9.37. The van der Waals surface area contributed by atoms with Crippen molar-refractivity contribution in [1.29, 1.82) is 0 Å². The van der Waals surface area contributed by atoms with E-state index in [4.69, 9.17) is 17.3 Å². The van der Waals surface area contributed by atoms with Gasteiger partial charge in [-0.25, -0.2) is 0 Å². The second kappa shape index (κ2) is 4.51. The molecule has 86 valence electrons. The number of halogens is 1. The average Bonchev–Trinajstić information content (AvgIpc) is 2.58. The maximum atomic E-state index is 10.5. The Hall–Kier alpha value is -0.580. The van der Waals surface area contributed by atoms with Crippen LogP contribution in [0.3, 0.4) is 0 Å². The van der Waals surface area contributed by atoms with E-state index in [1.165, 1.54) is 0 Å². The average molecular weight is 232 g/mol. The number of aromatic nitrogens is 2. The van der Waals surface area contributed by atoms with E-state index in [9.17, 15) is 5.11 Å². The van der Waals surface area contributed by atoms with Gasteiger partial charge < -0.3 is 10.8 Å². The van der Waals surface area contributed by atoms with Crippen LogP contribution in [0.1, 0.15) is 26.5 Å². The van der Waals surface area contributed by atoms with E-state index >= 15 is 0 Å². The van der Waals surface area contributed by atoms with Gasteiger partial charge in [0.05, 0.1) is 16.9 Å². The minimum absolute atomic E-state index is 0.0120. The number of rotatable bonds is 4. The van der Waals surface area contributed by atoms with Gasteiger partial charge in [0.15, 0.2) is 0 Å². The van der Waals surface area contributed by atoms with E-state index in [1.807, 2.05) is 20.8 Å². The number of aliphatic hydroxyl groups is 1. The van der Waals surface area contributed by atoms with Crippen molar-refractivity contribution < 1.29 is 5.11 Å². The molecule has 0 spiro atoms. The van der Waals surface area contributed by atoms with E-state index in [0.29, 0.717) is 17.3 Å². The molecule has 1 unspecified atom stereocenters. The smallest absolute Gasteiger partial charge is 0.122 e. The fraction of sp³-hybridized carbons (Fsp3) is 0.700. The van der Waals surface area contributed by atoms with E-state index in [0.717, 1.165) is 0 Å². The van der Waals surface area contributed by atoms with Gasteiger partial charge in [-0.2, -0.15) is 5.10 Å². The van der Waals surface area contributed by atoms with Crippen molar-refractivity contribution in [2.75, 3.05) is 6.54 Å². The van der Waals surface area contributed by atoms with Crippen molar-refractivity contribution in [2.24, 2.45) is 11.7 Å². The van der Waals surface area contributed by atoms with Crippen LogP contribution in [0.25, 0.3) is 0 Å². The molecule has 3 N–H and O–H groups in total. The molecule has 0 aliphatic heterocycles. The van der Waals surface area contributed by atoms with Gasteiger partial charge in [-0.1, -0.05) is 25.4 Å². The second-order valence-electron chi connectivity index (χ2n) is 3.94. The van der Waals surface area contributed by atoms with Crippen LogP contribution in [0.4, 0.5) is 0 Å². The summed E-state index contributed by atoms with van der Waals surface area (Å²) in [4.78, 5) is 0. The third kappa shape index (κ3) is 2.02. The molecule has 1 heterocycles. The largest absolute Gasteiger partial charge is 0.382 e. The van der Waals surface area contributed by atoms with E-state index < -0.39 is 5.60 Å². The maximum Gasteiger partial charge on any atom is 0.122 e. The van der Waals surface area contributed by atoms with Crippen LogP contribution in [0.5, 0.6) is 0 Å². The topological polar surface area (TPSA) is 64.1 Å². The summed E-state index contributed by atoms with van der Waals surface area (Å²) in [6.07, 6.45) is 1.55. The SMILES string of the molecule is CCn1ncc(Cl)c1C(O)(CN)C(C)C. The molecule has 0 fully saturated rings. The van der Waals surface area contributed by atoms with Crippen molar-refractivity contribution in [3.8, 4) is 0 Å². The lowest BCUT2D eigenvalue weighted by Crippen LogP contribution is -2.42. The molecule has 0 radical (unpaired) electrons. The van der Waals surface area contributed by atoms with Crippen LogP contribution < -0.4 is 5.73 Å². The first-order chi connectivity index (χ1) is 6.97. The van der Waals surface area contributed by atoms with Crippen LogP contribution >= 0.6 is 11.6 Å². The lowest BCUT2D eigenvalue weighted by atomic mass is 9.87. The normalized spacial score (nSPS) is 15.7. The highest BCUT2D eigenvalue weighted by molar-refractivity contribution is 6.31. The molecule has 0 saturated heterocycles. The molecule has 0 aromatic carbocycles. The van der Waals surface area contributed by atoms with Crippen molar-refractivity contribution in [3.63, 3.8) is 0 Å². The Balaban J connectivity index is 3.28. The highest BCUT2D eigenvalue weighted by Gasteiger charge is 2.36. The summed E-state index contributed by atoms with van der Waals surface area (Å²) in [5.41, 5.74) is 5.15. The van der Waals surface area contributed by atoms with Gasteiger partial charge in [0.2, 0.25) is 0 Å². The number of hydrogen-bond acceptors (Lipinski definition) is 3. The minimum atomic E-state index is -1.11. The lowest BCUT2D eigenvalue weighted by molar-refractivity contribution is -0.00921. The first-order valence-electron chi connectivity index (χ1n) is 5.11. The molecule has 1 rings (SSSR count). The zero-order chi connectivity index (χ0) is 11.6. The monoisotopic (exact) mass is 231 g/mol. The van der Waals surface area contributed by atoms with Gasteiger partial charge in [0.1, 0.15) is 5.60 Å². The van der Waals surface area contributed by atoms with Crippen LogP contribution in [0.15, 0.2) is 6.20 Å². The summed E-state index contributed by atoms with van der Waals surface area (Å²) >= 11 is 6.03. The molecule has 0 amide bonds. The van der Waals surface area contributed by atoms with Crippen molar-refractivity contribution >= 4 is 11.6 Å². The summed E-state index contributed by atoms with van der Waals surface area (Å²) in [6.45, 7) is 6.57. The first kappa shape index (κ1) is 12.5. The van der Waals surface area contributed by atoms with Gasteiger partial charge in [-0.05, 0) is 12.8 Å². The quantitative estimate of drug-likeness (QED) is 0.823. The fourth-order valence-electron chi connectivity index (χ4n) is 1.64. The highest BCUT2D eigenvalue weighted by atomic mass is 35.5. The number of nitrogens with two attached hydrogens (primary N) is 1. The maximum absolute atomic E-state index is 10.5. The predicted molar refractivity (Wildman–Crippen MR) is 60.7 cm³/mol. The summed E-state index contributed by atoms with van der Waals surface area (Å²) < 4.78 is 1.69. The Bertz CT molecular complexity index is 337. The lowest BCUT2D eigenvalue weighted by Gasteiger charge is -2.31. The Morgan fingerprint density at radius 1 is 1.67 bits per heavy atom. The van der Waals surface area contributed by atoms with E-state index in [-0.39, 0.29) is 12.5 Å². The molecule has 0 aliphatic carbocycles. The van der Waals surface area contributed by atoms with Crippen LogP contribution in [0, 0.1) is 5.92 Å². The molecular formula is C10H18ClN3O. The van der Waals surface area contributed by atoms with Crippen molar-refractivity contribution in [1.82, 2.24) is 9.78 Å². The van der Waals surface area contributed by atoms with Crippen molar-refractivity contribution in [2.45, 2.75) is 32.9 Å². The molecule has 4 nitrogen and oxygen atoms in total. The number of aryl methyl sites for hydroxylation is 1. The Kier molecular flexibility index (Phi) is 3.76. The van der Waals surface area contributed by atoms with Gasteiger partial charge in [0, 0.05) is 13.1 Å². The summed E-state index contributed by atoms with van der Waals surface area (Å²) in [6, 6.07) is 0. The van der Waals surface area contributed by atoms with Gasteiger partial charge in [-0.3, -0.25) is 4.68 Å². The highest BCUT2D eigenvalue weighted by Crippen LogP contribution is 2.33. The minimum Gasteiger partial charge on any atom is -0.382 e. The molecule has 5 heteroatoms. The molecule has 0 bridgehead atoms. The van der Waals surface area contributed by atoms with Crippen LogP contribution in [-0.2, 0) is 12.1 Å². The van der Waals surface area contributed by atoms with E-state index in [1.54, 1.807) is 10.9 Å². The molecule has 15 heavy (non-hydrogen) atoms. The summed E-state index contributed by atoms with van der Waals surface area (Å²) in [5, 5.41) is 15.1. The first-order valence-corrected chi connectivity index (χ1v) is 5.49. The predicted octanol–water partition coefficient (Wildman–Crippen LogP) is 1.36. The molecule has 0 aliphatic rings. The standard InChI is InChI=1S/C10H18ClN3O/c1-4-14-9(8(11)5-13-14)10(15,6-12)7(2)3/h5,7,15H,4,6,12H2,1-3H3. The number of hydrogen-bond donors (Lipinski definition) is 2. The Morgan fingerprint density at radius 3 is 2.67 bits per heavy atom. The molecule has 1 atom stereocenters. The Morgan fingerprint density at radius 2 is 2.27 bits per heavy atom. The third-order valence-electron chi connectivity index (χ3n) is 2.77. The number of nitrogens with zero attached hydrogens (tertiary/aromatic N) is 2. The molecule has 1 aromatic rings. The fourth-order valence-corrected chi connectivity index (χ4v) is 1.94. The summed E-state index contributed by atoms with van der Waals surface area (Å²) in [7, 11) is 0. The third-order valence-corrected chi connectivity index (χ3v) is 3.05. The van der Waals surface area contributed by atoms with Crippen LogP contribution in [0.2, 0.25) is 5.02 Å². The van der Waals surface area contributed by atoms with Gasteiger partial charge in [-0.15, -0.1) is 0 Å². The molecule has 0 saturated carbocycles. The van der Waals surface area contributed by atoms with Crippen LogP contribution in [-0.4, -0.2) is 21.4 Å².